The van der Waals surface area contributed by atoms with Crippen LogP contribution < -0.4 is 5.32 Å². The van der Waals surface area contributed by atoms with Gasteiger partial charge in [-0.2, -0.15) is 0 Å². The molecule has 4 heteroatoms. The molecule has 1 heterocycles. The van der Waals surface area contributed by atoms with Crippen LogP contribution in [0.25, 0.3) is 10.9 Å². The van der Waals surface area contributed by atoms with Crippen molar-refractivity contribution in [1.29, 1.82) is 0 Å². The summed E-state index contributed by atoms with van der Waals surface area (Å²) in [5, 5.41) is 3.87. The quantitative estimate of drug-likeness (QED) is 0.908. The highest BCUT2D eigenvalue weighted by Crippen LogP contribution is 2.29. The Kier molecular flexibility index (Phi) is 3.65. The minimum absolute atomic E-state index is 0.109. The van der Waals surface area contributed by atoms with Gasteiger partial charge >= 0.3 is 0 Å². The summed E-state index contributed by atoms with van der Waals surface area (Å²) in [6, 6.07) is 9.52. The van der Waals surface area contributed by atoms with E-state index in [1.165, 1.54) is 12.8 Å². The molecule has 0 aliphatic heterocycles. The van der Waals surface area contributed by atoms with E-state index in [4.69, 9.17) is 4.74 Å². The maximum atomic E-state index is 12.1. The Morgan fingerprint density at radius 1 is 1.40 bits per heavy atom. The molecule has 1 amide bonds. The maximum Gasteiger partial charge on any atom is 0.253 e. The molecule has 20 heavy (non-hydrogen) atoms. The van der Waals surface area contributed by atoms with E-state index in [0.717, 1.165) is 16.6 Å². The molecular formula is C16H18N2O2. The molecule has 1 unspecified atom stereocenters. The van der Waals surface area contributed by atoms with E-state index >= 15 is 0 Å². The summed E-state index contributed by atoms with van der Waals surface area (Å²) in [6.07, 6.45) is 3.77. The maximum absolute atomic E-state index is 12.1. The van der Waals surface area contributed by atoms with Gasteiger partial charge in [-0.05, 0) is 49.9 Å². The van der Waals surface area contributed by atoms with Crippen LogP contribution in [0.5, 0.6) is 0 Å². The van der Waals surface area contributed by atoms with Crippen molar-refractivity contribution < 1.29 is 9.53 Å². The molecule has 0 radical (unpaired) electrons. The first-order valence-electron chi connectivity index (χ1n) is 7.00. The van der Waals surface area contributed by atoms with Gasteiger partial charge in [0.1, 0.15) is 6.10 Å². The highest BCUT2D eigenvalue weighted by molar-refractivity contribution is 6.02. The van der Waals surface area contributed by atoms with Gasteiger partial charge in [-0.3, -0.25) is 9.78 Å². The molecular weight excluding hydrogens is 252 g/mol. The number of carbonyl (C=O) groups is 1. The molecule has 1 saturated carbocycles. The van der Waals surface area contributed by atoms with Gasteiger partial charge in [0.25, 0.3) is 5.91 Å². The summed E-state index contributed by atoms with van der Waals surface area (Å²) in [5.41, 5.74) is 1.65. The Bertz CT molecular complexity index is 617. The molecule has 1 aromatic heterocycles. The number of anilines is 1. The highest BCUT2D eigenvalue weighted by Gasteiger charge is 2.24. The number of aromatic nitrogens is 1. The number of hydrogen-bond donors (Lipinski definition) is 1. The lowest BCUT2D eigenvalue weighted by Gasteiger charge is -2.14. The lowest BCUT2D eigenvalue weighted by atomic mass is 10.2. The number of benzene rings is 1. The number of carbonyl (C=O) groups excluding carboxylic acids is 1. The van der Waals surface area contributed by atoms with E-state index in [1.807, 2.05) is 30.3 Å². The predicted octanol–water partition coefficient (Wildman–Crippen LogP) is 2.99. The van der Waals surface area contributed by atoms with Crippen molar-refractivity contribution in [2.24, 2.45) is 5.92 Å². The molecule has 1 fully saturated rings. The van der Waals surface area contributed by atoms with Gasteiger partial charge in [-0.25, -0.2) is 0 Å². The van der Waals surface area contributed by atoms with E-state index in [-0.39, 0.29) is 5.91 Å². The SMILES string of the molecule is CC(OCC1CC1)C(=O)Nc1cccc2ncccc12. The number of nitrogens with zero attached hydrogens (tertiary/aromatic N) is 1. The standard InChI is InChI=1S/C16H18N2O2/c1-11(20-10-12-7-8-12)16(19)18-15-6-2-5-14-13(15)4-3-9-17-14/h2-6,9,11-12H,7-8,10H2,1H3,(H,18,19). The van der Waals surface area contributed by atoms with Crippen molar-refractivity contribution in [3.63, 3.8) is 0 Å². The molecule has 1 aliphatic carbocycles. The van der Waals surface area contributed by atoms with Crippen LogP contribution in [0.15, 0.2) is 36.5 Å². The smallest absolute Gasteiger partial charge is 0.253 e. The Morgan fingerprint density at radius 3 is 3.05 bits per heavy atom. The minimum atomic E-state index is -0.428. The molecule has 1 N–H and O–H groups in total. The summed E-state index contributed by atoms with van der Waals surface area (Å²) in [4.78, 5) is 16.4. The summed E-state index contributed by atoms with van der Waals surface area (Å²) in [6.45, 7) is 2.48. The second-order valence-corrected chi connectivity index (χ2v) is 5.28. The second kappa shape index (κ2) is 5.59. The normalized spacial score (nSPS) is 16.1. The van der Waals surface area contributed by atoms with Gasteiger partial charge in [0.2, 0.25) is 0 Å². The Hall–Kier alpha value is -1.94. The predicted molar refractivity (Wildman–Crippen MR) is 78.5 cm³/mol. The largest absolute Gasteiger partial charge is 0.368 e. The van der Waals surface area contributed by atoms with Gasteiger partial charge < -0.3 is 10.1 Å². The first-order valence-corrected chi connectivity index (χ1v) is 7.00. The van der Waals surface area contributed by atoms with Crippen LogP contribution >= 0.6 is 0 Å². The van der Waals surface area contributed by atoms with Crippen molar-refractivity contribution in [1.82, 2.24) is 4.98 Å². The third kappa shape index (κ3) is 2.96. The zero-order valence-electron chi connectivity index (χ0n) is 11.5. The molecule has 0 spiro atoms. The average molecular weight is 270 g/mol. The fourth-order valence-corrected chi connectivity index (χ4v) is 2.09. The monoisotopic (exact) mass is 270 g/mol. The van der Waals surface area contributed by atoms with Crippen LogP contribution in [0.4, 0.5) is 5.69 Å². The molecule has 0 bridgehead atoms. The van der Waals surface area contributed by atoms with E-state index < -0.39 is 6.10 Å². The number of amides is 1. The third-order valence-corrected chi connectivity index (χ3v) is 3.55. The van der Waals surface area contributed by atoms with Crippen LogP contribution in [-0.2, 0) is 9.53 Å². The molecule has 3 rings (SSSR count). The minimum Gasteiger partial charge on any atom is -0.368 e. The van der Waals surface area contributed by atoms with E-state index in [1.54, 1.807) is 13.1 Å². The highest BCUT2D eigenvalue weighted by atomic mass is 16.5. The Balaban J connectivity index is 1.70. The number of nitrogens with one attached hydrogen (secondary N) is 1. The second-order valence-electron chi connectivity index (χ2n) is 5.28. The van der Waals surface area contributed by atoms with Crippen LogP contribution in [0.3, 0.4) is 0 Å². The number of rotatable bonds is 5. The Morgan fingerprint density at radius 2 is 2.25 bits per heavy atom. The first kappa shape index (κ1) is 13.1. The number of hydrogen-bond acceptors (Lipinski definition) is 3. The fraction of sp³-hybridized carbons (Fsp3) is 0.375. The van der Waals surface area contributed by atoms with Crippen molar-refractivity contribution in [3.8, 4) is 0 Å². The zero-order chi connectivity index (χ0) is 13.9. The van der Waals surface area contributed by atoms with E-state index in [0.29, 0.717) is 12.5 Å². The van der Waals surface area contributed by atoms with Gasteiger partial charge in [0.05, 0.1) is 17.8 Å². The Labute approximate surface area is 118 Å². The van der Waals surface area contributed by atoms with E-state index in [9.17, 15) is 4.79 Å². The van der Waals surface area contributed by atoms with Crippen molar-refractivity contribution >= 4 is 22.5 Å². The van der Waals surface area contributed by atoms with Gasteiger partial charge in [-0.15, -0.1) is 0 Å². The third-order valence-electron chi connectivity index (χ3n) is 3.55. The molecule has 4 nitrogen and oxygen atoms in total. The van der Waals surface area contributed by atoms with Crippen LogP contribution in [0.1, 0.15) is 19.8 Å². The van der Waals surface area contributed by atoms with Gasteiger partial charge in [0.15, 0.2) is 0 Å². The average Bonchev–Trinajstić information content (AvgIpc) is 3.29. The molecule has 1 aliphatic rings. The van der Waals surface area contributed by atoms with Crippen molar-refractivity contribution in [2.75, 3.05) is 11.9 Å². The van der Waals surface area contributed by atoms with E-state index in [2.05, 4.69) is 10.3 Å². The fourth-order valence-electron chi connectivity index (χ4n) is 2.09. The number of pyridine rings is 1. The number of fused-ring (bicyclic) bond motifs is 1. The lowest BCUT2D eigenvalue weighted by Crippen LogP contribution is -2.28. The topological polar surface area (TPSA) is 51.2 Å². The van der Waals surface area contributed by atoms with Crippen LogP contribution in [0.2, 0.25) is 0 Å². The van der Waals surface area contributed by atoms with Crippen molar-refractivity contribution in [3.05, 3.63) is 36.5 Å². The zero-order valence-corrected chi connectivity index (χ0v) is 11.5. The van der Waals surface area contributed by atoms with Crippen LogP contribution in [0, 0.1) is 5.92 Å². The van der Waals surface area contributed by atoms with Crippen LogP contribution in [-0.4, -0.2) is 23.6 Å². The summed E-state index contributed by atoms with van der Waals surface area (Å²) in [5.74, 6) is 0.550. The lowest BCUT2D eigenvalue weighted by molar-refractivity contribution is -0.126. The summed E-state index contributed by atoms with van der Waals surface area (Å²) >= 11 is 0. The van der Waals surface area contributed by atoms with Gasteiger partial charge in [0, 0.05) is 11.6 Å². The van der Waals surface area contributed by atoms with Crippen molar-refractivity contribution in [2.45, 2.75) is 25.9 Å². The molecule has 2 aromatic rings. The first-order chi connectivity index (χ1) is 9.74. The molecule has 1 aromatic carbocycles. The number of ether oxygens (including phenoxy) is 1. The summed E-state index contributed by atoms with van der Waals surface area (Å²) in [7, 11) is 0. The van der Waals surface area contributed by atoms with Gasteiger partial charge in [-0.1, -0.05) is 6.07 Å². The molecule has 0 saturated heterocycles. The summed E-state index contributed by atoms with van der Waals surface area (Å²) < 4.78 is 5.58. The molecule has 104 valence electrons. The molecule has 1 atom stereocenters.